The largest absolute Gasteiger partial charge is 0.445 e. The van der Waals surface area contributed by atoms with Crippen LogP contribution in [0.25, 0.3) is 11.0 Å². The molecule has 4 heteroatoms. The zero-order chi connectivity index (χ0) is 20.5. The Morgan fingerprint density at radius 2 is 1.59 bits per heavy atom. The lowest BCUT2D eigenvalue weighted by Crippen LogP contribution is -2.18. The van der Waals surface area contributed by atoms with E-state index in [4.69, 9.17) is 13.6 Å². The van der Waals surface area contributed by atoms with Gasteiger partial charge in [-0.05, 0) is 55.0 Å². The standard InChI is InChI=1S/C25H25NO3/c1-14-7-8-19-18(11-14)22-24(29-19)26(23-20(28-22)9-10-27-23)21-15(2)12-17(13-16(21)3)25(4,5)6/h7-13H,1-6H3. The third-order valence-corrected chi connectivity index (χ3v) is 5.59. The highest BCUT2D eigenvalue weighted by atomic mass is 16.5. The lowest BCUT2D eigenvalue weighted by molar-refractivity contribution is 0.443. The Kier molecular flexibility index (Phi) is 3.66. The van der Waals surface area contributed by atoms with E-state index in [0.29, 0.717) is 17.5 Å². The third kappa shape index (κ3) is 2.66. The van der Waals surface area contributed by atoms with Crippen LogP contribution in [-0.2, 0) is 5.41 Å². The molecular weight excluding hydrogens is 362 g/mol. The predicted molar refractivity (Wildman–Crippen MR) is 116 cm³/mol. The maximum absolute atomic E-state index is 6.29. The minimum atomic E-state index is 0.0803. The van der Waals surface area contributed by atoms with Gasteiger partial charge in [-0.1, -0.05) is 44.5 Å². The summed E-state index contributed by atoms with van der Waals surface area (Å²) in [4.78, 5) is 2.06. The first kappa shape index (κ1) is 17.9. The minimum absolute atomic E-state index is 0.0803. The molecule has 0 saturated carbocycles. The summed E-state index contributed by atoms with van der Waals surface area (Å²) in [6.45, 7) is 13.1. The molecule has 0 atom stereocenters. The molecule has 0 amide bonds. The van der Waals surface area contributed by atoms with Crippen LogP contribution < -0.4 is 9.64 Å². The van der Waals surface area contributed by atoms with Crippen LogP contribution in [0.15, 0.2) is 51.5 Å². The van der Waals surface area contributed by atoms with Crippen LogP contribution >= 0.6 is 0 Å². The number of anilines is 3. The summed E-state index contributed by atoms with van der Waals surface area (Å²) in [5.74, 6) is 2.72. The number of benzene rings is 2. The van der Waals surface area contributed by atoms with Crippen molar-refractivity contribution in [1.82, 2.24) is 0 Å². The van der Waals surface area contributed by atoms with E-state index in [2.05, 4.69) is 64.6 Å². The molecule has 0 N–H and O–H groups in total. The highest BCUT2D eigenvalue weighted by molar-refractivity contribution is 5.96. The van der Waals surface area contributed by atoms with E-state index in [1.165, 1.54) is 16.7 Å². The van der Waals surface area contributed by atoms with Gasteiger partial charge in [0, 0.05) is 6.07 Å². The summed E-state index contributed by atoms with van der Waals surface area (Å²) in [5.41, 5.74) is 6.76. The second-order valence-corrected chi connectivity index (χ2v) is 8.97. The van der Waals surface area contributed by atoms with Gasteiger partial charge in [-0.2, -0.15) is 0 Å². The van der Waals surface area contributed by atoms with Gasteiger partial charge >= 0.3 is 0 Å². The van der Waals surface area contributed by atoms with Crippen LogP contribution in [0.1, 0.15) is 43.0 Å². The fourth-order valence-corrected chi connectivity index (χ4v) is 4.10. The van der Waals surface area contributed by atoms with Crippen molar-refractivity contribution in [1.29, 1.82) is 0 Å². The van der Waals surface area contributed by atoms with Gasteiger partial charge < -0.3 is 13.6 Å². The highest BCUT2D eigenvalue weighted by Gasteiger charge is 2.35. The van der Waals surface area contributed by atoms with E-state index in [1.54, 1.807) is 6.26 Å². The lowest BCUT2D eigenvalue weighted by atomic mass is 9.84. The molecule has 0 unspecified atom stereocenters. The van der Waals surface area contributed by atoms with Crippen LogP contribution in [-0.4, -0.2) is 0 Å². The first-order valence-corrected chi connectivity index (χ1v) is 9.94. The maximum atomic E-state index is 6.29. The van der Waals surface area contributed by atoms with Crippen molar-refractivity contribution in [2.75, 3.05) is 4.90 Å². The first-order valence-electron chi connectivity index (χ1n) is 9.94. The number of hydrogen-bond acceptors (Lipinski definition) is 4. The lowest BCUT2D eigenvalue weighted by Gasteiger charge is -2.30. The number of aryl methyl sites for hydroxylation is 3. The fourth-order valence-electron chi connectivity index (χ4n) is 4.10. The molecule has 148 valence electrons. The molecule has 2 aromatic heterocycles. The summed E-state index contributed by atoms with van der Waals surface area (Å²) in [5, 5.41) is 0.971. The van der Waals surface area contributed by atoms with Crippen LogP contribution in [0.3, 0.4) is 0 Å². The SMILES string of the molecule is Cc1ccc2oc3c(c2c1)Oc1ccoc1N3c1c(C)cc(C(C)(C)C)cc1C. The number of furan rings is 2. The van der Waals surface area contributed by atoms with Gasteiger partial charge in [0.15, 0.2) is 11.5 Å². The molecule has 0 bridgehead atoms. The number of nitrogens with zero attached hydrogens (tertiary/aromatic N) is 1. The van der Waals surface area contributed by atoms with E-state index in [9.17, 15) is 0 Å². The van der Waals surface area contributed by atoms with E-state index in [-0.39, 0.29) is 5.41 Å². The molecule has 1 aliphatic heterocycles. The summed E-state index contributed by atoms with van der Waals surface area (Å²) in [6, 6.07) is 12.5. The molecule has 2 aromatic carbocycles. The Bertz CT molecular complexity index is 1230. The molecule has 0 spiro atoms. The average Bonchev–Trinajstić information content (AvgIpc) is 3.24. The molecular formula is C25H25NO3. The molecule has 0 aliphatic carbocycles. The third-order valence-electron chi connectivity index (χ3n) is 5.59. The summed E-state index contributed by atoms with van der Waals surface area (Å²) in [7, 11) is 0. The van der Waals surface area contributed by atoms with Gasteiger partial charge in [-0.15, -0.1) is 0 Å². The van der Waals surface area contributed by atoms with E-state index in [0.717, 1.165) is 28.0 Å². The maximum Gasteiger partial charge on any atom is 0.251 e. The molecule has 0 saturated heterocycles. The van der Waals surface area contributed by atoms with Crippen molar-refractivity contribution in [2.24, 2.45) is 0 Å². The van der Waals surface area contributed by atoms with Gasteiger partial charge in [-0.25, -0.2) is 4.90 Å². The van der Waals surface area contributed by atoms with Gasteiger partial charge in [0.05, 0.1) is 17.3 Å². The van der Waals surface area contributed by atoms with E-state index < -0.39 is 0 Å². The second-order valence-electron chi connectivity index (χ2n) is 8.97. The van der Waals surface area contributed by atoms with Gasteiger partial charge in [0.2, 0.25) is 0 Å². The number of fused-ring (bicyclic) bond motifs is 4. The highest BCUT2D eigenvalue weighted by Crippen LogP contribution is 2.56. The quantitative estimate of drug-likeness (QED) is 0.294. The van der Waals surface area contributed by atoms with Gasteiger partial charge in [0.25, 0.3) is 11.8 Å². The molecule has 29 heavy (non-hydrogen) atoms. The Hall–Kier alpha value is -3.14. The van der Waals surface area contributed by atoms with Crippen molar-refractivity contribution in [3.05, 3.63) is 64.9 Å². The smallest absolute Gasteiger partial charge is 0.251 e. The average molecular weight is 387 g/mol. The van der Waals surface area contributed by atoms with Crippen LogP contribution in [0, 0.1) is 20.8 Å². The van der Waals surface area contributed by atoms with Crippen molar-refractivity contribution in [2.45, 2.75) is 47.0 Å². The summed E-state index contributed by atoms with van der Waals surface area (Å²) >= 11 is 0. The first-order chi connectivity index (χ1) is 13.7. The topological polar surface area (TPSA) is 38.8 Å². The molecule has 0 radical (unpaired) electrons. The number of ether oxygens (including phenoxy) is 1. The zero-order valence-electron chi connectivity index (χ0n) is 17.7. The molecule has 3 heterocycles. The van der Waals surface area contributed by atoms with Crippen molar-refractivity contribution < 1.29 is 13.6 Å². The predicted octanol–water partition coefficient (Wildman–Crippen LogP) is 7.82. The Labute approximate surface area is 170 Å². The van der Waals surface area contributed by atoms with E-state index in [1.807, 2.05) is 18.2 Å². The Morgan fingerprint density at radius 3 is 2.28 bits per heavy atom. The van der Waals surface area contributed by atoms with Crippen LogP contribution in [0.2, 0.25) is 0 Å². The fraction of sp³-hybridized carbons (Fsp3) is 0.280. The summed E-state index contributed by atoms with van der Waals surface area (Å²) < 4.78 is 18.3. The van der Waals surface area contributed by atoms with Gasteiger partial charge in [-0.3, -0.25) is 0 Å². The molecule has 5 rings (SSSR count). The monoisotopic (exact) mass is 387 g/mol. The van der Waals surface area contributed by atoms with Crippen LogP contribution in [0.5, 0.6) is 11.5 Å². The Balaban J connectivity index is 1.79. The second kappa shape index (κ2) is 5.93. The van der Waals surface area contributed by atoms with Crippen molar-refractivity contribution in [3.63, 3.8) is 0 Å². The van der Waals surface area contributed by atoms with Crippen molar-refractivity contribution in [3.8, 4) is 11.5 Å². The normalized spacial score (nSPS) is 13.4. The van der Waals surface area contributed by atoms with Gasteiger partial charge in [0.1, 0.15) is 5.58 Å². The Morgan fingerprint density at radius 1 is 0.862 bits per heavy atom. The molecule has 0 fully saturated rings. The van der Waals surface area contributed by atoms with Crippen molar-refractivity contribution >= 4 is 28.4 Å². The van der Waals surface area contributed by atoms with E-state index >= 15 is 0 Å². The zero-order valence-corrected chi connectivity index (χ0v) is 17.7. The minimum Gasteiger partial charge on any atom is -0.445 e. The number of rotatable bonds is 1. The number of hydrogen-bond donors (Lipinski definition) is 0. The van der Waals surface area contributed by atoms with Crippen LogP contribution in [0.4, 0.5) is 17.5 Å². The molecule has 4 nitrogen and oxygen atoms in total. The molecule has 4 aromatic rings. The molecule has 1 aliphatic rings. The summed E-state index contributed by atoms with van der Waals surface area (Å²) in [6.07, 6.45) is 1.66.